The second kappa shape index (κ2) is 4.55. The number of benzene rings is 1. The zero-order valence-electron chi connectivity index (χ0n) is 10.3. The van der Waals surface area contributed by atoms with Crippen LogP contribution in [0.25, 0.3) is 0 Å². The number of piperazine rings is 1. The second-order valence-electron chi connectivity index (χ2n) is 4.78. The molecule has 2 amide bonds. The molecular formula is C13H15N3O3. The van der Waals surface area contributed by atoms with Crippen LogP contribution in [-0.2, 0) is 0 Å². The van der Waals surface area contributed by atoms with E-state index in [1.54, 1.807) is 29.2 Å². The van der Waals surface area contributed by atoms with Gasteiger partial charge in [-0.05, 0) is 11.6 Å². The molecule has 0 bridgehead atoms. The van der Waals surface area contributed by atoms with E-state index in [2.05, 4.69) is 10.6 Å². The normalized spacial score (nSPS) is 25.9. The molecule has 0 spiro atoms. The molecule has 1 aromatic carbocycles. The Morgan fingerprint density at radius 3 is 2.95 bits per heavy atom. The maximum atomic E-state index is 11.9. The molecule has 0 saturated carbocycles. The summed E-state index contributed by atoms with van der Waals surface area (Å²) in [5.74, 6) is -0.966. The fraction of sp³-hybridized carbons (Fsp3) is 0.385. The average Bonchev–Trinajstić information content (AvgIpc) is 2.77. The number of amides is 2. The monoisotopic (exact) mass is 261 g/mol. The van der Waals surface area contributed by atoms with Crippen molar-refractivity contribution in [1.82, 2.24) is 15.5 Å². The van der Waals surface area contributed by atoms with Crippen LogP contribution in [0.4, 0.5) is 4.79 Å². The van der Waals surface area contributed by atoms with E-state index >= 15 is 0 Å². The van der Waals surface area contributed by atoms with Gasteiger partial charge >= 0.3 is 12.0 Å². The lowest BCUT2D eigenvalue weighted by atomic mass is 9.94. The van der Waals surface area contributed by atoms with Gasteiger partial charge < -0.3 is 20.6 Å². The van der Waals surface area contributed by atoms with Gasteiger partial charge in [-0.3, -0.25) is 0 Å². The average molecular weight is 261 g/mol. The molecule has 100 valence electrons. The van der Waals surface area contributed by atoms with E-state index < -0.39 is 5.97 Å². The van der Waals surface area contributed by atoms with Gasteiger partial charge in [-0.25, -0.2) is 9.59 Å². The number of urea groups is 1. The molecule has 3 N–H and O–H groups in total. The molecule has 6 heteroatoms. The highest BCUT2D eigenvalue weighted by Crippen LogP contribution is 2.30. The molecule has 6 nitrogen and oxygen atoms in total. The third-order valence-corrected chi connectivity index (χ3v) is 3.73. The van der Waals surface area contributed by atoms with Crippen LogP contribution in [0.15, 0.2) is 24.3 Å². The molecule has 2 aliphatic rings. The van der Waals surface area contributed by atoms with E-state index in [-0.39, 0.29) is 23.7 Å². The number of carboxylic acids is 1. The van der Waals surface area contributed by atoms with Gasteiger partial charge in [0.25, 0.3) is 0 Å². The van der Waals surface area contributed by atoms with Gasteiger partial charge in [0.2, 0.25) is 0 Å². The van der Waals surface area contributed by atoms with Gasteiger partial charge in [0.05, 0.1) is 17.6 Å². The Bertz CT molecular complexity index is 532. The summed E-state index contributed by atoms with van der Waals surface area (Å²) in [6.07, 6.45) is 0. The van der Waals surface area contributed by atoms with E-state index in [0.717, 1.165) is 6.54 Å². The second-order valence-corrected chi connectivity index (χ2v) is 4.78. The van der Waals surface area contributed by atoms with Gasteiger partial charge in [-0.2, -0.15) is 0 Å². The van der Waals surface area contributed by atoms with Crippen molar-refractivity contribution >= 4 is 12.0 Å². The Kier molecular flexibility index (Phi) is 2.87. The van der Waals surface area contributed by atoms with E-state index in [1.165, 1.54) is 0 Å². The van der Waals surface area contributed by atoms with E-state index in [9.17, 15) is 14.7 Å². The number of hydrogen-bond donors (Lipinski definition) is 3. The van der Waals surface area contributed by atoms with E-state index in [4.69, 9.17) is 0 Å². The zero-order chi connectivity index (χ0) is 13.4. The summed E-state index contributed by atoms with van der Waals surface area (Å²) >= 11 is 0. The summed E-state index contributed by atoms with van der Waals surface area (Å²) in [6, 6.07) is 6.42. The Morgan fingerprint density at radius 2 is 2.16 bits per heavy atom. The fourth-order valence-corrected chi connectivity index (χ4v) is 2.84. The molecule has 0 radical (unpaired) electrons. The van der Waals surface area contributed by atoms with Crippen LogP contribution in [0, 0.1) is 0 Å². The Balaban J connectivity index is 1.98. The summed E-state index contributed by atoms with van der Waals surface area (Å²) in [7, 11) is 0. The van der Waals surface area contributed by atoms with Gasteiger partial charge in [0.1, 0.15) is 0 Å². The lowest BCUT2D eigenvalue weighted by molar-refractivity contribution is 0.0694. The molecule has 1 aromatic rings. The van der Waals surface area contributed by atoms with Crippen LogP contribution in [0.3, 0.4) is 0 Å². The van der Waals surface area contributed by atoms with Gasteiger partial charge in [0.15, 0.2) is 0 Å². The highest BCUT2D eigenvalue weighted by atomic mass is 16.4. The predicted molar refractivity (Wildman–Crippen MR) is 68.0 cm³/mol. The maximum absolute atomic E-state index is 11.9. The molecule has 2 aliphatic heterocycles. The van der Waals surface area contributed by atoms with Crippen molar-refractivity contribution in [1.29, 1.82) is 0 Å². The van der Waals surface area contributed by atoms with Crippen molar-refractivity contribution in [2.24, 2.45) is 0 Å². The van der Waals surface area contributed by atoms with Crippen LogP contribution in [-0.4, -0.2) is 47.7 Å². The number of carbonyl (C=O) groups excluding carboxylic acids is 1. The highest BCUT2D eigenvalue weighted by Gasteiger charge is 2.42. The summed E-state index contributed by atoms with van der Waals surface area (Å²) in [6.45, 7) is 2.11. The lowest BCUT2D eigenvalue weighted by Gasteiger charge is -2.31. The lowest BCUT2D eigenvalue weighted by Crippen LogP contribution is -2.50. The van der Waals surface area contributed by atoms with Crippen molar-refractivity contribution in [2.75, 3.05) is 19.6 Å². The smallest absolute Gasteiger partial charge is 0.336 e. The molecule has 3 rings (SSSR count). The number of nitrogens with one attached hydrogen (secondary N) is 2. The molecule has 0 aliphatic carbocycles. The molecule has 19 heavy (non-hydrogen) atoms. The number of aromatic carboxylic acids is 1. The Labute approximate surface area is 110 Å². The molecule has 2 atom stereocenters. The largest absolute Gasteiger partial charge is 0.478 e. The molecule has 2 unspecified atom stereocenters. The van der Waals surface area contributed by atoms with Crippen LogP contribution in [0.5, 0.6) is 0 Å². The first-order chi connectivity index (χ1) is 9.18. The number of carboxylic acid groups (broad SMARTS) is 1. The summed E-state index contributed by atoms with van der Waals surface area (Å²) < 4.78 is 0. The van der Waals surface area contributed by atoms with Crippen LogP contribution < -0.4 is 10.6 Å². The fourth-order valence-electron chi connectivity index (χ4n) is 2.84. The first-order valence-corrected chi connectivity index (χ1v) is 6.28. The van der Waals surface area contributed by atoms with Crippen molar-refractivity contribution in [3.05, 3.63) is 35.4 Å². The van der Waals surface area contributed by atoms with Crippen LogP contribution >= 0.6 is 0 Å². The topological polar surface area (TPSA) is 81.7 Å². The van der Waals surface area contributed by atoms with E-state index in [1.807, 2.05) is 0 Å². The summed E-state index contributed by atoms with van der Waals surface area (Å²) in [5, 5.41) is 15.4. The number of carbonyl (C=O) groups is 2. The summed E-state index contributed by atoms with van der Waals surface area (Å²) in [4.78, 5) is 25.0. The molecule has 2 saturated heterocycles. The minimum atomic E-state index is -0.966. The third-order valence-electron chi connectivity index (χ3n) is 3.73. The quantitative estimate of drug-likeness (QED) is 0.720. The summed E-state index contributed by atoms with van der Waals surface area (Å²) in [5.41, 5.74) is 0.916. The maximum Gasteiger partial charge on any atom is 0.336 e. The van der Waals surface area contributed by atoms with Crippen LogP contribution in [0.1, 0.15) is 22.0 Å². The van der Waals surface area contributed by atoms with Gasteiger partial charge in [-0.15, -0.1) is 0 Å². The van der Waals surface area contributed by atoms with Gasteiger partial charge in [0, 0.05) is 19.6 Å². The molecular weight excluding hydrogens is 246 g/mol. The van der Waals surface area contributed by atoms with Crippen molar-refractivity contribution in [2.45, 2.75) is 12.1 Å². The SMILES string of the molecule is O=C(O)c1ccccc1C1NC(=O)N2CCNCC12. The van der Waals surface area contributed by atoms with Crippen molar-refractivity contribution in [3.8, 4) is 0 Å². The third kappa shape index (κ3) is 1.94. The van der Waals surface area contributed by atoms with Gasteiger partial charge in [-0.1, -0.05) is 18.2 Å². The number of rotatable bonds is 2. The zero-order valence-corrected chi connectivity index (χ0v) is 10.3. The number of hydrogen-bond acceptors (Lipinski definition) is 3. The first kappa shape index (κ1) is 12.0. The van der Waals surface area contributed by atoms with E-state index in [0.29, 0.717) is 18.7 Å². The number of fused-ring (bicyclic) bond motifs is 1. The molecule has 2 fully saturated rings. The minimum Gasteiger partial charge on any atom is -0.478 e. The molecule has 0 aromatic heterocycles. The minimum absolute atomic E-state index is 0.0262. The van der Waals surface area contributed by atoms with Crippen molar-refractivity contribution < 1.29 is 14.7 Å². The van der Waals surface area contributed by atoms with Crippen molar-refractivity contribution in [3.63, 3.8) is 0 Å². The predicted octanol–water partition coefficient (Wildman–Crippen LogP) is 0.423. The van der Waals surface area contributed by atoms with Crippen LogP contribution in [0.2, 0.25) is 0 Å². The Morgan fingerprint density at radius 1 is 1.37 bits per heavy atom. The highest BCUT2D eigenvalue weighted by molar-refractivity contribution is 5.90. The number of nitrogens with zero attached hydrogens (tertiary/aromatic N) is 1. The first-order valence-electron chi connectivity index (χ1n) is 6.28. The molecule has 2 heterocycles. The standard InChI is InChI=1S/C13H15N3O3/c17-12(18)9-4-2-1-3-8(9)11-10-7-14-5-6-16(10)13(19)15-11/h1-4,10-11,14H,5-7H2,(H,15,19)(H,17,18). The Hall–Kier alpha value is -2.08.